The fraction of sp³-hybridized carbons (Fsp3) is 0.143. The van der Waals surface area contributed by atoms with E-state index < -0.39 is 4.92 Å². The normalized spacial score (nSPS) is 10.6. The van der Waals surface area contributed by atoms with E-state index in [0.29, 0.717) is 11.5 Å². The van der Waals surface area contributed by atoms with Gasteiger partial charge in [0.2, 0.25) is 5.82 Å². The minimum atomic E-state index is -0.498. The van der Waals surface area contributed by atoms with Crippen molar-refractivity contribution in [3.8, 4) is 17.2 Å². The Hall–Kier alpha value is -3.16. The van der Waals surface area contributed by atoms with E-state index in [9.17, 15) is 10.1 Å². The maximum Gasteiger partial charge on any atom is 0.310 e. The summed E-state index contributed by atoms with van der Waals surface area (Å²) in [7, 11) is 0. The zero-order chi connectivity index (χ0) is 15.5. The Morgan fingerprint density at radius 1 is 1.36 bits per heavy atom. The molecule has 0 saturated carbocycles. The van der Waals surface area contributed by atoms with Gasteiger partial charge in [-0.3, -0.25) is 10.1 Å². The highest BCUT2D eigenvalue weighted by Crippen LogP contribution is 2.28. The van der Waals surface area contributed by atoms with Gasteiger partial charge in [0.05, 0.1) is 16.7 Å². The lowest BCUT2D eigenvalue weighted by molar-refractivity contribution is -0.386. The molecular weight excluding hydrogens is 290 g/mol. The Balaban J connectivity index is 1.76. The maximum absolute atomic E-state index is 11.0. The number of aryl methyl sites for hydroxylation is 1. The number of hydrogen-bond donors (Lipinski definition) is 0. The van der Waals surface area contributed by atoms with Gasteiger partial charge in [-0.15, -0.1) is 0 Å². The Morgan fingerprint density at radius 2 is 2.23 bits per heavy atom. The molecule has 2 heterocycles. The summed E-state index contributed by atoms with van der Waals surface area (Å²) >= 11 is 0. The molecule has 8 heteroatoms. The van der Waals surface area contributed by atoms with E-state index in [4.69, 9.17) is 13.7 Å². The molecule has 0 radical (unpaired) electrons. The molecule has 3 rings (SSSR count). The fourth-order valence-electron chi connectivity index (χ4n) is 1.85. The monoisotopic (exact) mass is 301 g/mol. The summed E-state index contributed by atoms with van der Waals surface area (Å²) in [6.07, 6.45) is 2.97. The third kappa shape index (κ3) is 2.80. The van der Waals surface area contributed by atoms with E-state index in [1.807, 2.05) is 6.92 Å². The molecule has 3 aromatic rings. The molecule has 0 aliphatic rings. The number of nitro benzene ring substituents is 1. The van der Waals surface area contributed by atoms with Gasteiger partial charge in [0.25, 0.3) is 5.89 Å². The predicted octanol–water partition coefficient (Wildman–Crippen LogP) is 3.13. The summed E-state index contributed by atoms with van der Waals surface area (Å²) in [5.74, 6) is 0.748. The molecule has 0 N–H and O–H groups in total. The standard InChI is InChI=1S/C14H11N3O5/c1-9-2-3-11(17(18)19)12(6-9)21-8-13-15-14(22-16-13)10-4-5-20-7-10/h2-7H,8H2,1H3. The average molecular weight is 301 g/mol. The lowest BCUT2D eigenvalue weighted by Crippen LogP contribution is -2.01. The van der Waals surface area contributed by atoms with E-state index in [1.165, 1.54) is 18.6 Å². The van der Waals surface area contributed by atoms with E-state index in [1.54, 1.807) is 18.2 Å². The van der Waals surface area contributed by atoms with Crippen LogP contribution < -0.4 is 4.74 Å². The first-order chi connectivity index (χ1) is 10.6. The summed E-state index contributed by atoms with van der Waals surface area (Å²) in [5, 5.41) is 14.7. The first-order valence-corrected chi connectivity index (χ1v) is 6.36. The third-order valence-corrected chi connectivity index (χ3v) is 2.90. The summed E-state index contributed by atoms with van der Waals surface area (Å²) in [5.41, 5.74) is 1.40. The van der Waals surface area contributed by atoms with Crippen molar-refractivity contribution < 1.29 is 18.6 Å². The number of furan rings is 1. The minimum Gasteiger partial charge on any atom is -0.478 e. The van der Waals surface area contributed by atoms with Gasteiger partial charge in [-0.2, -0.15) is 4.98 Å². The number of nitro groups is 1. The molecule has 0 bridgehead atoms. The topological polar surface area (TPSA) is 104 Å². The van der Waals surface area contributed by atoms with Crippen LogP contribution in [0.5, 0.6) is 5.75 Å². The van der Waals surface area contributed by atoms with Crippen LogP contribution in [0.4, 0.5) is 5.69 Å². The molecule has 0 amide bonds. The molecule has 0 saturated heterocycles. The van der Waals surface area contributed by atoms with Crippen LogP contribution in [0.25, 0.3) is 11.5 Å². The highest BCUT2D eigenvalue weighted by atomic mass is 16.6. The zero-order valence-electron chi connectivity index (χ0n) is 11.6. The first kappa shape index (κ1) is 13.8. The van der Waals surface area contributed by atoms with E-state index in [0.717, 1.165) is 5.56 Å². The van der Waals surface area contributed by atoms with Crippen LogP contribution in [0.3, 0.4) is 0 Å². The van der Waals surface area contributed by atoms with Crippen molar-refractivity contribution in [2.45, 2.75) is 13.5 Å². The highest BCUT2D eigenvalue weighted by molar-refractivity contribution is 5.50. The molecule has 0 atom stereocenters. The largest absolute Gasteiger partial charge is 0.478 e. The van der Waals surface area contributed by atoms with Crippen LogP contribution in [0.2, 0.25) is 0 Å². The van der Waals surface area contributed by atoms with Crippen molar-refractivity contribution in [1.29, 1.82) is 0 Å². The number of aromatic nitrogens is 2. The van der Waals surface area contributed by atoms with Crippen molar-refractivity contribution >= 4 is 5.69 Å². The van der Waals surface area contributed by atoms with Crippen molar-refractivity contribution in [3.05, 3.63) is 58.3 Å². The van der Waals surface area contributed by atoms with Crippen LogP contribution in [0.1, 0.15) is 11.4 Å². The molecule has 0 aliphatic carbocycles. The minimum absolute atomic E-state index is 0.0361. The van der Waals surface area contributed by atoms with Gasteiger partial charge in [0.15, 0.2) is 12.4 Å². The van der Waals surface area contributed by atoms with Crippen LogP contribution in [0.15, 0.2) is 45.7 Å². The van der Waals surface area contributed by atoms with Crippen LogP contribution in [-0.4, -0.2) is 15.1 Å². The second-order valence-electron chi connectivity index (χ2n) is 4.54. The number of hydrogen-bond acceptors (Lipinski definition) is 7. The smallest absolute Gasteiger partial charge is 0.310 e. The van der Waals surface area contributed by atoms with Gasteiger partial charge in [-0.1, -0.05) is 11.2 Å². The van der Waals surface area contributed by atoms with Gasteiger partial charge in [-0.25, -0.2) is 0 Å². The first-order valence-electron chi connectivity index (χ1n) is 6.36. The summed E-state index contributed by atoms with van der Waals surface area (Å²) < 4.78 is 15.4. The Labute approximate surface area is 124 Å². The maximum atomic E-state index is 11.0. The predicted molar refractivity (Wildman–Crippen MR) is 74.2 cm³/mol. The second kappa shape index (κ2) is 5.68. The Morgan fingerprint density at radius 3 is 2.95 bits per heavy atom. The summed E-state index contributed by atoms with van der Waals surface area (Å²) in [6, 6.07) is 6.33. The molecule has 0 unspecified atom stereocenters. The van der Waals surface area contributed by atoms with Crippen LogP contribution >= 0.6 is 0 Å². The molecule has 0 fully saturated rings. The second-order valence-corrected chi connectivity index (χ2v) is 4.54. The van der Waals surface area contributed by atoms with Crippen LogP contribution in [-0.2, 0) is 6.61 Å². The van der Waals surface area contributed by atoms with E-state index in [2.05, 4.69) is 10.1 Å². The Bertz CT molecular complexity index is 795. The highest BCUT2D eigenvalue weighted by Gasteiger charge is 2.16. The summed E-state index contributed by atoms with van der Waals surface area (Å²) in [6.45, 7) is 1.79. The van der Waals surface area contributed by atoms with E-state index >= 15 is 0 Å². The lowest BCUT2D eigenvalue weighted by Gasteiger charge is -2.05. The van der Waals surface area contributed by atoms with Gasteiger partial charge in [0.1, 0.15) is 6.26 Å². The molecule has 0 aliphatic heterocycles. The molecule has 2 aromatic heterocycles. The van der Waals surface area contributed by atoms with Crippen LogP contribution in [0, 0.1) is 17.0 Å². The quantitative estimate of drug-likeness (QED) is 0.526. The van der Waals surface area contributed by atoms with Crippen molar-refractivity contribution in [2.75, 3.05) is 0 Å². The number of rotatable bonds is 5. The molecule has 112 valence electrons. The SMILES string of the molecule is Cc1ccc([N+](=O)[O-])c(OCc2noc(-c3ccoc3)n2)c1. The Kier molecular flexibility index (Phi) is 3.57. The lowest BCUT2D eigenvalue weighted by atomic mass is 10.2. The molecule has 8 nitrogen and oxygen atoms in total. The average Bonchev–Trinajstić information content (AvgIpc) is 3.16. The number of ether oxygens (including phenoxy) is 1. The van der Waals surface area contributed by atoms with E-state index in [-0.39, 0.29) is 23.9 Å². The zero-order valence-corrected chi connectivity index (χ0v) is 11.6. The number of nitrogens with zero attached hydrogens (tertiary/aromatic N) is 3. The van der Waals surface area contributed by atoms with Crippen molar-refractivity contribution in [1.82, 2.24) is 10.1 Å². The molecule has 1 aromatic carbocycles. The molecular formula is C14H11N3O5. The third-order valence-electron chi connectivity index (χ3n) is 2.90. The van der Waals surface area contributed by atoms with Crippen molar-refractivity contribution in [2.24, 2.45) is 0 Å². The van der Waals surface area contributed by atoms with Gasteiger partial charge < -0.3 is 13.7 Å². The molecule has 22 heavy (non-hydrogen) atoms. The van der Waals surface area contributed by atoms with Gasteiger partial charge >= 0.3 is 5.69 Å². The number of benzene rings is 1. The van der Waals surface area contributed by atoms with Crippen molar-refractivity contribution in [3.63, 3.8) is 0 Å². The van der Waals surface area contributed by atoms with Gasteiger partial charge in [-0.05, 0) is 24.6 Å². The fourth-order valence-corrected chi connectivity index (χ4v) is 1.85. The summed E-state index contributed by atoms with van der Waals surface area (Å²) in [4.78, 5) is 14.6. The van der Waals surface area contributed by atoms with Gasteiger partial charge in [0, 0.05) is 6.07 Å². The molecule has 0 spiro atoms.